The van der Waals surface area contributed by atoms with Crippen molar-refractivity contribution in [1.82, 2.24) is 0 Å². The molecule has 8 heteroatoms. The molecule has 0 aliphatic heterocycles. The Morgan fingerprint density at radius 1 is 0.421 bits per heavy atom. The normalized spacial score (nSPS) is 10.5. The lowest BCUT2D eigenvalue weighted by Crippen LogP contribution is -1.90. The maximum Gasteiger partial charge on any atom is 0.273 e. The summed E-state index contributed by atoms with van der Waals surface area (Å²) in [6.45, 7) is 0. The van der Waals surface area contributed by atoms with E-state index < -0.39 is 9.85 Å². The van der Waals surface area contributed by atoms with E-state index in [2.05, 4.69) is 6.07 Å². The van der Waals surface area contributed by atoms with E-state index in [1.165, 1.54) is 24.3 Å². The molecule has 5 aromatic rings. The van der Waals surface area contributed by atoms with Gasteiger partial charge in [-0.15, -0.1) is 0 Å². The van der Waals surface area contributed by atoms with E-state index >= 15 is 0 Å². The summed E-state index contributed by atoms with van der Waals surface area (Å²) in [5.41, 5.74) is 3.95. The van der Waals surface area contributed by atoms with Crippen LogP contribution in [0.5, 0.6) is 23.0 Å². The Bertz CT molecular complexity index is 1500. The molecule has 0 radical (unpaired) electrons. The number of nitrogens with zero attached hydrogens (tertiary/aromatic N) is 2. The van der Waals surface area contributed by atoms with E-state index in [0.29, 0.717) is 23.0 Å². The summed E-state index contributed by atoms with van der Waals surface area (Å²) in [5.74, 6) is 1.94. The van der Waals surface area contributed by atoms with Gasteiger partial charge in [0.25, 0.3) is 11.4 Å². The lowest BCUT2D eigenvalue weighted by Gasteiger charge is -2.10. The second-order valence-corrected chi connectivity index (χ2v) is 8.34. The Hall–Kier alpha value is -5.50. The van der Waals surface area contributed by atoms with Gasteiger partial charge in [0.2, 0.25) is 0 Å². The van der Waals surface area contributed by atoms with Crippen LogP contribution >= 0.6 is 0 Å². The van der Waals surface area contributed by atoms with Crippen molar-refractivity contribution in [3.63, 3.8) is 0 Å². The Kier molecular flexibility index (Phi) is 6.77. The predicted molar refractivity (Wildman–Crippen MR) is 144 cm³/mol. The first-order valence-electron chi connectivity index (χ1n) is 11.6. The van der Waals surface area contributed by atoms with Gasteiger partial charge in [-0.1, -0.05) is 54.6 Å². The van der Waals surface area contributed by atoms with Gasteiger partial charge in [0.15, 0.2) is 0 Å². The van der Waals surface area contributed by atoms with Crippen LogP contribution in [0.15, 0.2) is 121 Å². The van der Waals surface area contributed by atoms with Gasteiger partial charge in [0, 0.05) is 12.1 Å². The molecule has 0 saturated heterocycles. The number of rotatable bonds is 8. The molecule has 5 rings (SSSR count). The molecule has 0 bridgehead atoms. The number of benzene rings is 5. The van der Waals surface area contributed by atoms with Crippen molar-refractivity contribution in [1.29, 1.82) is 0 Å². The lowest BCUT2D eigenvalue weighted by atomic mass is 9.99. The smallest absolute Gasteiger partial charge is 0.273 e. The van der Waals surface area contributed by atoms with Crippen LogP contribution in [0.3, 0.4) is 0 Å². The zero-order chi connectivity index (χ0) is 26.5. The van der Waals surface area contributed by atoms with Gasteiger partial charge in [-0.2, -0.15) is 0 Å². The van der Waals surface area contributed by atoms with Crippen molar-refractivity contribution in [2.75, 3.05) is 0 Å². The van der Waals surface area contributed by atoms with Crippen LogP contribution < -0.4 is 9.47 Å². The Balaban J connectivity index is 1.29. The number of nitro benzene ring substituents is 2. The van der Waals surface area contributed by atoms with Gasteiger partial charge in [-0.05, 0) is 64.7 Å². The highest BCUT2D eigenvalue weighted by atomic mass is 16.6. The van der Waals surface area contributed by atoms with Gasteiger partial charge < -0.3 is 9.47 Å². The predicted octanol–water partition coefficient (Wildman–Crippen LogP) is 8.42. The van der Waals surface area contributed by atoms with Crippen molar-refractivity contribution >= 4 is 11.4 Å². The summed E-state index contributed by atoms with van der Waals surface area (Å²) in [5, 5.41) is 22.0. The zero-order valence-corrected chi connectivity index (χ0v) is 19.9. The maximum atomic E-state index is 11.0. The number of hydrogen-bond donors (Lipinski definition) is 0. The molecule has 38 heavy (non-hydrogen) atoms. The van der Waals surface area contributed by atoms with E-state index in [1.54, 1.807) is 24.3 Å². The van der Waals surface area contributed by atoms with Crippen LogP contribution in [0.4, 0.5) is 11.4 Å². The van der Waals surface area contributed by atoms with Crippen molar-refractivity contribution in [3.8, 4) is 45.3 Å². The largest absolute Gasteiger partial charge is 0.457 e. The monoisotopic (exact) mass is 504 g/mol. The quantitative estimate of drug-likeness (QED) is 0.155. The topological polar surface area (TPSA) is 105 Å². The second-order valence-electron chi connectivity index (χ2n) is 8.34. The number of hydrogen-bond acceptors (Lipinski definition) is 6. The number of nitro groups is 2. The molecule has 0 atom stereocenters. The van der Waals surface area contributed by atoms with Crippen LogP contribution in [0.2, 0.25) is 0 Å². The van der Waals surface area contributed by atoms with Crippen molar-refractivity contribution in [3.05, 3.63) is 142 Å². The van der Waals surface area contributed by atoms with Gasteiger partial charge in [0.1, 0.15) is 23.0 Å². The van der Waals surface area contributed by atoms with Crippen LogP contribution in [-0.2, 0) is 0 Å². The molecule has 0 aromatic heterocycles. The standard InChI is InChI=1S/C30H20N2O6/c33-31(34)25-6-2-8-29(19-25)37-27-14-10-21(11-15-27)23-4-1-5-24(18-23)22-12-16-28(17-13-22)38-30-9-3-7-26(20-30)32(35)36/h1-20H. The fourth-order valence-corrected chi connectivity index (χ4v) is 3.90. The first-order valence-corrected chi connectivity index (χ1v) is 11.6. The van der Waals surface area contributed by atoms with Crippen LogP contribution in [0.25, 0.3) is 22.3 Å². The number of non-ortho nitro benzene ring substituents is 2. The molecule has 0 aliphatic rings. The Morgan fingerprint density at radius 3 is 1.21 bits per heavy atom. The Labute approximate surface area is 217 Å². The highest BCUT2D eigenvalue weighted by Crippen LogP contribution is 2.32. The first kappa shape index (κ1) is 24.2. The average molecular weight is 504 g/mol. The van der Waals surface area contributed by atoms with E-state index in [1.807, 2.05) is 66.7 Å². The first-order chi connectivity index (χ1) is 18.4. The highest BCUT2D eigenvalue weighted by molar-refractivity contribution is 5.73. The molecule has 0 saturated carbocycles. The van der Waals surface area contributed by atoms with Gasteiger partial charge in [-0.3, -0.25) is 20.2 Å². The highest BCUT2D eigenvalue weighted by Gasteiger charge is 2.09. The molecule has 0 unspecified atom stereocenters. The summed E-state index contributed by atoms with van der Waals surface area (Å²) < 4.78 is 11.6. The van der Waals surface area contributed by atoms with Crippen LogP contribution in [-0.4, -0.2) is 9.85 Å². The zero-order valence-electron chi connectivity index (χ0n) is 19.9. The Morgan fingerprint density at radius 2 is 0.816 bits per heavy atom. The molecule has 8 nitrogen and oxygen atoms in total. The molecule has 0 fully saturated rings. The summed E-state index contributed by atoms with van der Waals surface area (Å²) in [7, 11) is 0. The third-order valence-electron chi connectivity index (χ3n) is 5.77. The van der Waals surface area contributed by atoms with E-state index in [0.717, 1.165) is 22.3 Å². The molecule has 0 heterocycles. The van der Waals surface area contributed by atoms with Crippen molar-refractivity contribution in [2.45, 2.75) is 0 Å². The molecular weight excluding hydrogens is 484 g/mol. The molecule has 0 aliphatic carbocycles. The van der Waals surface area contributed by atoms with Crippen molar-refractivity contribution < 1.29 is 19.3 Å². The summed E-state index contributed by atoms with van der Waals surface area (Å²) >= 11 is 0. The van der Waals surface area contributed by atoms with Crippen molar-refractivity contribution in [2.24, 2.45) is 0 Å². The SMILES string of the molecule is O=[N+]([O-])c1cccc(Oc2ccc(-c3cccc(-c4ccc(Oc5cccc([N+](=O)[O-])c5)cc4)c3)cc2)c1. The average Bonchev–Trinajstić information content (AvgIpc) is 2.94. The van der Waals surface area contributed by atoms with Crippen LogP contribution in [0.1, 0.15) is 0 Å². The van der Waals surface area contributed by atoms with E-state index in [-0.39, 0.29) is 11.4 Å². The summed E-state index contributed by atoms with van der Waals surface area (Å²) in [6, 6.07) is 35.2. The van der Waals surface area contributed by atoms with E-state index in [9.17, 15) is 20.2 Å². The van der Waals surface area contributed by atoms with Gasteiger partial charge in [-0.25, -0.2) is 0 Å². The summed E-state index contributed by atoms with van der Waals surface area (Å²) in [6.07, 6.45) is 0. The summed E-state index contributed by atoms with van der Waals surface area (Å²) in [4.78, 5) is 21.1. The number of ether oxygens (including phenoxy) is 2. The molecule has 186 valence electrons. The fourth-order valence-electron chi connectivity index (χ4n) is 3.90. The lowest BCUT2D eigenvalue weighted by molar-refractivity contribution is -0.385. The molecule has 5 aromatic carbocycles. The third-order valence-corrected chi connectivity index (χ3v) is 5.77. The van der Waals surface area contributed by atoms with Gasteiger partial charge in [0.05, 0.1) is 22.0 Å². The van der Waals surface area contributed by atoms with E-state index in [4.69, 9.17) is 9.47 Å². The molecule has 0 amide bonds. The minimum atomic E-state index is -0.458. The minimum absolute atomic E-state index is 0.0282. The third kappa shape index (κ3) is 5.66. The molecule has 0 spiro atoms. The second kappa shape index (κ2) is 10.6. The molecule has 0 N–H and O–H groups in total. The molecular formula is C30H20N2O6. The maximum absolute atomic E-state index is 11.0. The van der Waals surface area contributed by atoms with Crippen LogP contribution in [0, 0.1) is 20.2 Å². The fraction of sp³-hybridized carbons (Fsp3) is 0. The minimum Gasteiger partial charge on any atom is -0.457 e. The van der Waals surface area contributed by atoms with Gasteiger partial charge >= 0.3 is 0 Å².